The molecule has 0 aromatic heterocycles. The SMILES string of the molecule is CNC(=O)CCOc1c(Cl)cc(Cl)cc1C(=O)O. The maximum Gasteiger partial charge on any atom is 0.339 e. The van der Waals surface area contributed by atoms with Gasteiger partial charge in [-0.3, -0.25) is 4.79 Å². The first-order valence-corrected chi connectivity index (χ1v) is 5.77. The largest absolute Gasteiger partial charge is 0.491 e. The van der Waals surface area contributed by atoms with Gasteiger partial charge in [-0.25, -0.2) is 4.79 Å². The van der Waals surface area contributed by atoms with Crippen molar-refractivity contribution in [3.63, 3.8) is 0 Å². The average molecular weight is 292 g/mol. The molecule has 0 saturated carbocycles. The van der Waals surface area contributed by atoms with Crippen LogP contribution < -0.4 is 10.1 Å². The van der Waals surface area contributed by atoms with E-state index < -0.39 is 5.97 Å². The molecule has 0 aliphatic carbocycles. The van der Waals surface area contributed by atoms with Crippen LogP contribution >= 0.6 is 23.2 Å². The molecule has 2 N–H and O–H groups in total. The van der Waals surface area contributed by atoms with Gasteiger partial charge in [0.05, 0.1) is 18.1 Å². The third-order valence-corrected chi connectivity index (χ3v) is 2.59. The molecule has 0 bridgehead atoms. The van der Waals surface area contributed by atoms with E-state index in [0.717, 1.165) is 0 Å². The van der Waals surface area contributed by atoms with Gasteiger partial charge in [0.2, 0.25) is 5.91 Å². The molecule has 0 fully saturated rings. The maximum atomic E-state index is 11.0. The van der Waals surface area contributed by atoms with Crippen LogP contribution in [0.2, 0.25) is 10.0 Å². The molecule has 0 unspecified atom stereocenters. The Hall–Kier alpha value is -1.46. The second kappa shape index (κ2) is 6.47. The number of ether oxygens (including phenoxy) is 1. The first-order valence-electron chi connectivity index (χ1n) is 5.01. The molecule has 0 aliphatic heterocycles. The summed E-state index contributed by atoms with van der Waals surface area (Å²) in [4.78, 5) is 22.0. The smallest absolute Gasteiger partial charge is 0.339 e. The zero-order valence-corrected chi connectivity index (χ0v) is 11.0. The molecular weight excluding hydrogens is 281 g/mol. The summed E-state index contributed by atoms with van der Waals surface area (Å²) in [6.45, 7) is 0.0291. The molecule has 0 aliphatic rings. The predicted octanol–water partition coefficient (Wildman–Crippen LogP) is 2.21. The van der Waals surface area contributed by atoms with Crippen LogP contribution in [0.15, 0.2) is 12.1 Å². The first-order chi connectivity index (χ1) is 8.45. The lowest BCUT2D eigenvalue weighted by Gasteiger charge is -2.11. The third kappa shape index (κ3) is 3.78. The summed E-state index contributed by atoms with van der Waals surface area (Å²) in [7, 11) is 1.50. The Morgan fingerprint density at radius 3 is 2.61 bits per heavy atom. The highest BCUT2D eigenvalue weighted by atomic mass is 35.5. The fourth-order valence-corrected chi connectivity index (χ4v) is 1.78. The van der Waals surface area contributed by atoms with Crippen molar-refractivity contribution in [2.45, 2.75) is 6.42 Å². The molecule has 0 radical (unpaired) electrons. The molecule has 7 heteroatoms. The highest BCUT2D eigenvalue weighted by Crippen LogP contribution is 2.32. The van der Waals surface area contributed by atoms with E-state index in [-0.39, 0.29) is 40.3 Å². The lowest BCUT2D eigenvalue weighted by atomic mass is 10.2. The van der Waals surface area contributed by atoms with Gasteiger partial charge in [0, 0.05) is 12.1 Å². The highest BCUT2D eigenvalue weighted by Gasteiger charge is 2.16. The second-order valence-corrected chi connectivity index (χ2v) is 4.18. The number of benzene rings is 1. The van der Waals surface area contributed by atoms with Crippen LogP contribution in [0.1, 0.15) is 16.8 Å². The molecule has 5 nitrogen and oxygen atoms in total. The number of halogens is 2. The molecule has 0 spiro atoms. The number of carbonyl (C=O) groups excluding carboxylic acids is 1. The Morgan fingerprint density at radius 1 is 1.39 bits per heavy atom. The van der Waals surface area contributed by atoms with Gasteiger partial charge in [0.15, 0.2) is 5.75 Å². The molecule has 1 rings (SSSR count). The molecule has 1 aromatic rings. The van der Waals surface area contributed by atoms with Gasteiger partial charge in [0.1, 0.15) is 5.56 Å². The van der Waals surface area contributed by atoms with Crippen LogP contribution in [0.25, 0.3) is 0 Å². The second-order valence-electron chi connectivity index (χ2n) is 3.34. The zero-order valence-electron chi connectivity index (χ0n) is 9.50. The van der Waals surface area contributed by atoms with Crippen molar-refractivity contribution in [3.8, 4) is 5.75 Å². The van der Waals surface area contributed by atoms with Crippen molar-refractivity contribution in [1.29, 1.82) is 0 Å². The van der Waals surface area contributed by atoms with Crippen LogP contribution in [0.4, 0.5) is 0 Å². The molecule has 1 amide bonds. The fraction of sp³-hybridized carbons (Fsp3) is 0.273. The van der Waals surface area contributed by atoms with E-state index in [1.165, 1.54) is 19.2 Å². The van der Waals surface area contributed by atoms with E-state index in [0.29, 0.717) is 0 Å². The number of rotatable bonds is 5. The van der Waals surface area contributed by atoms with Crippen LogP contribution in [0.5, 0.6) is 5.75 Å². The van der Waals surface area contributed by atoms with Gasteiger partial charge in [-0.05, 0) is 12.1 Å². The highest BCUT2D eigenvalue weighted by molar-refractivity contribution is 6.36. The number of carbonyl (C=O) groups is 2. The Labute approximate surface area is 114 Å². The number of carboxylic acid groups (broad SMARTS) is 1. The van der Waals surface area contributed by atoms with Crippen LogP contribution in [0.3, 0.4) is 0 Å². The van der Waals surface area contributed by atoms with E-state index >= 15 is 0 Å². The van der Waals surface area contributed by atoms with Gasteiger partial charge < -0.3 is 15.2 Å². The van der Waals surface area contributed by atoms with Crippen molar-refractivity contribution in [1.82, 2.24) is 5.32 Å². The molecule has 1 aromatic carbocycles. The number of amides is 1. The van der Waals surface area contributed by atoms with E-state index in [4.69, 9.17) is 33.0 Å². The predicted molar refractivity (Wildman–Crippen MR) is 67.6 cm³/mol. The van der Waals surface area contributed by atoms with E-state index in [1.807, 2.05) is 0 Å². The van der Waals surface area contributed by atoms with E-state index in [9.17, 15) is 9.59 Å². The Morgan fingerprint density at radius 2 is 2.06 bits per heavy atom. The molecule has 98 valence electrons. The minimum Gasteiger partial charge on any atom is -0.491 e. The summed E-state index contributed by atoms with van der Waals surface area (Å²) < 4.78 is 5.22. The Bertz CT molecular complexity index is 476. The van der Waals surface area contributed by atoms with Crippen molar-refractivity contribution >= 4 is 35.1 Å². The summed E-state index contributed by atoms with van der Waals surface area (Å²) in [5.74, 6) is -1.40. The molecule has 0 atom stereocenters. The van der Waals surface area contributed by atoms with E-state index in [1.54, 1.807) is 0 Å². The topological polar surface area (TPSA) is 75.6 Å². The molecular formula is C11H11Cl2NO4. The third-order valence-electron chi connectivity index (χ3n) is 2.09. The standard InChI is InChI=1S/C11H11Cl2NO4/c1-14-9(15)2-3-18-10-7(11(16)17)4-6(12)5-8(10)13/h4-5H,2-3H2,1H3,(H,14,15)(H,16,17). The van der Waals surface area contributed by atoms with Crippen molar-refractivity contribution in [2.75, 3.05) is 13.7 Å². The van der Waals surface area contributed by atoms with Gasteiger partial charge in [-0.15, -0.1) is 0 Å². The normalized spacial score (nSPS) is 9.94. The number of hydrogen-bond donors (Lipinski definition) is 2. The minimum absolute atomic E-state index is 0.0115. The summed E-state index contributed by atoms with van der Waals surface area (Å²) in [6, 6.07) is 2.62. The monoisotopic (exact) mass is 291 g/mol. The quantitative estimate of drug-likeness (QED) is 0.872. The van der Waals surface area contributed by atoms with E-state index in [2.05, 4.69) is 5.32 Å². The summed E-state index contributed by atoms with van der Waals surface area (Å²) >= 11 is 11.6. The lowest BCUT2D eigenvalue weighted by molar-refractivity contribution is -0.121. The Balaban J connectivity index is 2.87. The van der Waals surface area contributed by atoms with Gasteiger partial charge in [0.25, 0.3) is 0 Å². The number of hydrogen-bond acceptors (Lipinski definition) is 3. The van der Waals surface area contributed by atoms with Crippen molar-refractivity contribution < 1.29 is 19.4 Å². The molecule has 0 heterocycles. The number of nitrogens with one attached hydrogen (secondary N) is 1. The fourth-order valence-electron chi connectivity index (χ4n) is 1.24. The average Bonchev–Trinajstić information content (AvgIpc) is 2.30. The maximum absolute atomic E-state index is 11.0. The summed E-state index contributed by atoms with van der Waals surface area (Å²) in [5, 5.41) is 11.7. The minimum atomic E-state index is -1.20. The Kier molecular flexibility index (Phi) is 5.25. The van der Waals surface area contributed by atoms with Gasteiger partial charge in [-0.1, -0.05) is 23.2 Å². The van der Waals surface area contributed by atoms with Crippen LogP contribution in [0, 0.1) is 0 Å². The van der Waals surface area contributed by atoms with Gasteiger partial charge >= 0.3 is 5.97 Å². The van der Waals surface area contributed by atoms with Crippen molar-refractivity contribution in [2.24, 2.45) is 0 Å². The lowest BCUT2D eigenvalue weighted by Crippen LogP contribution is -2.20. The van der Waals surface area contributed by atoms with Gasteiger partial charge in [-0.2, -0.15) is 0 Å². The summed E-state index contributed by atoms with van der Waals surface area (Å²) in [5.41, 5.74) is -0.135. The first kappa shape index (κ1) is 14.6. The molecule has 0 saturated heterocycles. The zero-order chi connectivity index (χ0) is 13.7. The van der Waals surface area contributed by atoms with Crippen LogP contribution in [-0.4, -0.2) is 30.6 Å². The van der Waals surface area contributed by atoms with Crippen molar-refractivity contribution in [3.05, 3.63) is 27.7 Å². The van der Waals surface area contributed by atoms with Crippen LogP contribution in [-0.2, 0) is 4.79 Å². The number of aromatic carboxylic acids is 1. The summed E-state index contributed by atoms with van der Waals surface area (Å²) in [6.07, 6.45) is 0.106. The molecule has 18 heavy (non-hydrogen) atoms. The number of carboxylic acids is 1.